The fourth-order valence-corrected chi connectivity index (χ4v) is 2.56. The van der Waals surface area contributed by atoms with Crippen molar-refractivity contribution in [2.45, 2.75) is 12.8 Å². The summed E-state index contributed by atoms with van der Waals surface area (Å²) < 4.78 is 0. The van der Waals surface area contributed by atoms with Gasteiger partial charge in [-0.3, -0.25) is 4.79 Å². The highest BCUT2D eigenvalue weighted by atomic mass is 32.1. The Hall–Kier alpha value is -0.940. The van der Waals surface area contributed by atoms with E-state index in [1.165, 1.54) is 17.8 Å². The van der Waals surface area contributed by atoms with Gasteiger partial charge in [-0.15, -0.1) is 11.3 Å². The number of thiazole rings is 1. The zero-order chi connectivity index (χ0) is 11.4. The van der Waals surface area contributed by atoms with Crippen LogP contribution in [-0.4, -0.2) is 42.5 Å². The van der Waals surface area contributed by atoms with Crippen molar-refractivity contribution in [1.29, 1.82) is 0 Å². The number of rotatable bonds is 4. The molecular formula is C11H17N3OS. The first kappa shape index (κ1) is 11.5. The number of carbonyl (C=O) groups excluding carboxylic acids is 1. The average Bonchev–Trinajstić information content (AvgIpc) is 2.87. The van der Waals surface area contributed by atoms with Gasteiger partial charge in [0.25, 0.3) is 0 Å². The molecule has 0 aromatic carbocycles. The summed E-state index contributed by atoms with van der Waals surface area (Å²) in [6.45, 7) is 3.04. The normalized spacial score (nSPS) is 21.2. The molecule has 5 heteroatoms. The van der Waals surface area contributed by atoms with Gasteiger partial charge in [0.1, 0.15) is 0 Å². The Morgan fingerprint density at radius 3 is 3.25 bits per heavy atom. The van der Waals surface area contributed by atoms with Gasteiger partial charge in [-0.25, -0.2) is 4.98 Å². The van der Waals surface area contributed by atoms with Gasteiger partial charge in [-0.05, 0) is 25.9 Å². The summed E-state index contributed by atoms with van der Waals surface area (Å²) in [5, 5.41) is 4.90. The predicted octanol–water partition coefficient (Wildman–Crippen LogP) is 0.753. The molecule has 88 valence electrons. The third-order valence-corrected chi connectivity index (χ3v) is 3.54. The topological polar surface area (TPSA) is 45.2 Å². The van der Waals surface area contributed by atoms with E-state index in [1.807, 2.05) is 5.38 Å². The fraction of sp³-hybridized carbons (Fsp3) is 0.636. The Morgan fingerprint density at radius 2 is 2.62 bits per heavy atom. The molecule has 1 atom stereocenters. The zero-order valence-corrected chi connectivity index (χ0v) is 10.3. The average molecular weight is 239 g/mol. The van der Waals surface area contributed by atoms with Crippen LogP contribution in [0.1, 0.15) is 12.1 Å². The SMILES string of the molecule is CN1CCC(CNC(=O)Cc2cscn2)C1. The van der Waals surface area contributed by atoms with E-state index in [9.17, 15) is 4.79 Å². The minimum Gasteiger partial charge on any atom is -0.355 e. The third kappa shape index (κ3) is 3.28. The molecule has 1 aliphatic heterocycles. The maximum absolute atomic E-state index is 11.6. The fourth-order valence-electron chi connectivity index (χ4n) is 2.00. The first-order valence-corrected chi connectivity index (χ1v) is 6.50. The van der Waals surface area contributed by atoms with Crippen molar-refractivity contribution in [1.82, 2.24) is 15.2 Å². The summed E-state index contributed by atoms with van der Waals surface area (Å²) in [5.74, 6) is 0.699. The molecular weight excluding hydrogens is 222 g/mol. The van der Waals surface area contributed by atoms with Crippen molar-refractivity contribution in [3.63, 3.8) is 0 Å². The molecule has 2 heterocycles. The number of likely N-dealkylation sites (tertiary alicyclic amines) is 1. The smallest absolute Gasteiger partial charge is 0.226 e. The minimum absolute atomic E-state index is 0.0838. The lowest BCUT2D eigenvalue weighted by Crippen LogP contribution is -2.31. The maximum atomic E-state index is 11.6. The number of aromatic nitrogens is 1. The van der Waals surface area contributed by atoms with Gasteiger partial charge in [0, 0.05) is 18.5 Å². The van der Waals surface area contributed by atoms with Crippen molar-refractivity contribution < 1.29 is 4.79 Å². The number of hydrogen-bond donors (Lipinski definition) is 1. The lowest BCUT2D eigenvalue weighted by molar-refractivity contribution is -0.120. The number of hydrogen-bond acceptors (Lipinski definition) is 4. The second-order valence-electron chi connectivity index (χ2n) is 4.38. The van der Waals surface area contributed by atoms with Gasteiger partial charge >= 0.3 is 0 Å². The van der Waals surface area contributed by atoms with Crippen LogP contribution in [0.15, 0.2) is 10.9 Å². The molecule has 1 aromatic heterocycles. The van der Waals surface area contributed by atoms with Crippen LogP contribution >= 0.6 is 11.3 Å². The van der Waals surface area contributed by atoms with Crippen molar-refractivity contribution >= 4 is 17.2 Å². The van der Waals surface area contributed by atoms with Crippen LogP contribution in [0.3, 0.4) is 0 Å². The van der Waals surface area contributed by atoms with Crippen LogP contribution in [0.25, 0.3) is 0 Å². The molecule has 0 spiro atoms. The molecule has 4 nitrogen and oxygen atoms in total. The van der Waals surface area contributed by atoms with Crippen LogP contribution in [0.4, 0.5) is 0 Å². The highest BCUT2D eigenvalue weighted by Gasteiger charge is 2.19. The number of nitrogens with zero attached hydrogens (tertiary/aromatic N) is 2. The first-order valence-electron chi connectivity index (χ1n) is 5.56. The highest BCUT2D eigenvalue weighted by molar-refractivity contribution is 7.07. The molecule has 0 bridgehead atoms. The van der Waals surface area contributed by atoms with E-state index in [1.54, 1.807) is 5.51 Å². The molecule has 1 N–H and O–H groups in total. The van der Waals surface area contributed by atoms with Gasteiger partial charge in [-0.1, -0.05) is 0 Å². The van der Waals surface area contributed by atoms with E-state index in [2.05, 4.69) is 22.2 Å². The summed E-state index contributed by atoms with van der Waals surface area (Å²) in [7, 11) is 2.12. The van der Waals surface area contributed by atoms with E-state index in [0.29, 0.717) is 12.3 Å². The highest BCUT2D eigenvalue weighted by Crippen LogP contribution is 2.12. The largest absolute Gasteiger partial charge is 0.355 e. The van der Waals surface area contributed by atoms with E-state index < -0.39 is 0 Å². The van der Waals surface area contributed by atoms with Crippen molar-refractivity contribution in [2.75, 3.05) is 26.7 Å². The second-order valence-corrected chi connectivity index (χ2v) is 5.10. The molecule has 1 aromatic rings. The predicted molar refractivity (Wildman–Crippen MR) is 64.4 cm³/mol. The van der Waals surface area contributed by atoms with Gasteiger partial charge in [0.2, 0.25) is 5.91 Å². The molecule has 2 rings (SSSR count). The Balaban J connectivity index is 1.68. The van der Waals surface area contributed by atoms with Crippen LogP contribution in [0, 0.1) is 5.92 Å². The van der Waals surface area contributed by atoms with Crippen LogP contribution in [0.2, 0.25) is 0 Å². The maximum Gasteiger partial charge on any atom is 0.226 e. The van der Waals surface area contributed by atoms with Crippen molar-refractivity contribution in [2.24, 2.45) is 5.92 Å². The monoisotopic (exact) mass is 239 g/mol. The van der Waals surface area contributed by atoms with Crippen LogP contribution < -0.4 is 5.32 Å². The van der Waals surface area contributed by atoms with Gasteiger partial charge in [0.05, 0.1) is 17.6 Å². The second kappa shape index (κ2) is 5.41. The molecule has 0 aliphatic carbocycles. The third-order valence-electron chi connectivity index (χ3n) is 2.90. The molecule has 1 fully saturated rings. The molecule has 0 radical (unpaired) electrons. The van der Waals surface area contributed by atoms with Crippen molar-refractivity contribution in [3.8, 4) is 0 Å². The Bertz CT molecular complexity index is 339. The van der Waals surface area contributed by atoms with Gasteiger partial charge < -0.3 is 10.2 Å². The van der Waals surface area contributed by atoms with Gasteiger partial charge in [-0.2, -0.15) is 0 Å². The zero-order valence-electron chi connectivity index (χ0n) is 9.48. The van der Waals surface area contributed by atoms with Crippen LogP contribution in [-0.2, 0) is 11.2 Å². The number of carbonyl (C=O) groups is 1. The lowest BCUT2D eigenvalue weighted by Gasteiger charge is -2.11. The summed E-state index contributed by atoms with van der Waals surface area (Å²) in [6, 6.07) is 0. The first-order chi connectivity index (χ1) is 7.74. The van der Waals surface area contributed by atoms with E-state index in [-0.39, 0.29) is 5.91 Å². The molecule has 1 saturated heterocycles. The van der Waals surface area contributed by atoms with E-state index >= 15 is 0 Å². The van der Waals surface area contributed by atoms with Crippen molar-refractivity contribution in [3.05, 3.63) is 16.6 Å². The summed E-state index contributed by atoms with van der Waals surface area (Å²) >= 11 is 1.53. The summed E-state index contributed by atoms with van der Waals surface area (Å²) in [5.41, 5.74) is 2.63. The molecule has 1 aliphatic rings. The van der Waals surface area contributed by atoms with Gasteiger partial charge in [0.15, 0.2) is 0 Å². The lowest BCUT2D eigenvalue weighted by atomic mass is 10.1. The summed E-state index contributed by atoms with van der Waals surface area (Å²) in [6.07, 6.45) is 1.60. The Kier molecular flexibility index (Phi) is 3.90. The van der Waals surface area contributed by atoms with Crippen LogP contribution in [0.5, 0.6) is 0 Å². The quantitative estimate of drug-likeness (QED) is 0.843. The van der Waals surface area contributed by atoms with E-state index in [0.717, 1.165) is 25.3 Å². The molecule has 1 unspecified atom stereocenters. The number of amides is 1. The Labute approximate surface area is 99.7 Å². The minimum atomic E-state index is 0.0838. The molecule has 0 saturated carbocycles. The summed E-state index contributed by atoms with van der Waals surface area (Å²) in [4.78, 5) is 18.0. The van der Waals surface area contributed by atoms with E-state index in [4.69, 9.17) is 0 Å². The molecule has 1 amide bonds. The standard InChI is InChI=1S/C11H17N3OS/c1-14-3-2-9(6-14)5-12-11(15)4-10-7-16-8-13-10/h7-9H,2-6H2,1H3,(H,12,15). The number of nitrogens with one attached hydrogen (secondary N) is 1. The Morgan fingerprint density at radius 1 is 1.75 bits per heavy atom. The molecule has 16 heavy (non-hydrogen) atoms.